The fourth-order valence-corrected chi connectivity index (χ4v) is 2.66. The largest absolute Gasteiger partial charge is 0.475 e. The lowest BCUT2D eigenvalue weighted by molar-refractivity contribution is -0.386. The number of aromatic nitrogens is 1. The molecule has 1 aromatic heterocycles. The van der Waals surface area contributed by atoms with Gasteiger partial charge >= 0.3 is 11.7 Å². The van der Waals surface area contributed by atoms with Crippen LogP contribution in [0.5, 0.6) is 5.75 Å². The number of nitrogens with one attached hydrogen (secondary N) is 1. The Balaban J connectivity index is 2.28. The van der Waals surface area contributed by atoms with Crippen molar-refractivity contribution in [3.8, 4) is 5.75 Å². The summed E-state index contributed by atoms with van der Waals surface area (Å²) in [7, 11) is 0. The van der Waals surface area contributed by atoms with Gasteiger partial charge in [-0.1, -0.05) is 12.1 Å². The third kappa shape index (κ3) is 3.74. The van der Waals surface area contributed by atoms with E-state index < -0.39 is 22.8 Å². The lowest BCUT2D eigenvalue weighted by Gasteiger charge is -2.13. The van der Waals surface area contributed by atoms with Crippen LogP contribution < -0.4 is 4.74 Å². The van der Waals surface area contributed by atoms with E-state index in [0.29, 0.717) is 16.8 Å². The van der Waals surface area contributed by atoms with Crippen LogP contribution in [0.1, 0.15) is 46.0 Å². The number of carbonyl (C=O) groups is 2. The van der Waals surface area contributed by atoms with Gasteiger partial charge < -0.3 is 14.5 Å². The van der Waals surface area contributed by atoms with Crippen LogP contribution in [0.3, 0.4) is 0 Å². The zero-order chi connectivity index (χ0) is 19.4. The summed E-state index contributed by atoms with van der Waals surface area (Å²) in [6, 6.07) is 5.83. The van der Waals surface area contributed by atoms with Crippen LogP contribution in [0.2, 0.25) is 0 Å². The molecule has 0 saturated carbocycles. The van der Waals surface area contributed by atoms with Crippen molar-refractivity contribution in [1.82, 2.24) is 4.98 Å². The quantitative estimate of drug-likeness (QED) is 0.351. The van der Waals surface area contributed by atoms with Gasteiger partial charge in [-0.05, 0) is 39.3 Å². The summed E-state index contributed by atoms with van der Waals surface area (Å²) >= 11 is 0. The Morgan fingerprint density at radius 1 is 1.27 bits per heavy atom. The maximum Gasteiger partial charge on any atom is 0.340 e. The number of ether oxygens (including phenoxy) is 2. The number of aryl methyl sites for hydroxylation is 1. The number of hydrogen-bond donors (Lipinski definition) is 1. The highest BCUT2D eigenvalue weighted by molar-refractivity contribution is 6.03. The molecular formula is C18H20N2O6. The second-order valence-corrected chi connectivity index (χ2v) is 5.69. The SMILES string of the molecule is CCOC(=O)c1c(C)[nH]c(C(=O)[C@H](C)Oc2ccccc2[N+](=O)[O-])c1C. The van der Waals surface area contributed by atoms with Crippen LogP contribution >= 0.6 is 0 Å². The van der Waals surface area contributed by atoms with E-state index in [4.69, 9.17) is 9.47 Å². The van der Waals surface area contributed by atoms with E-state index in [1.807, 2.05) is 0 Å². The smallest absolute Gasteiger partial charge is 0.340 e. The minimum atomic E-state index is -0.983. The molecule has 0 bridgehead atoms. The van der Waals surface area contributed by atoms with Gasteiger partial charge in [-0.25, -0.2) is 4.79 Å². The number of hydrogen-bond acceptors (Lipinski definition) is 6. The summed E-state index contributed by atoms with van der Waals surface area (Å²) in [5.74, 6) is -0.922. The molecule has 0 unspecified atom stereocenters. The third-order valence-electron chi connectivity index (χ3n) is 3.90. The van der Waals surface area contributed by atoms with E-state index in [1.165, 1.54) is 25.1 Å². The van der Waals surface area contributed by atoms with E-state index in [1.54, 1.807) is 26.8 Å². The summed E-state index contributed by atoms with van der Waals surface area (Å²) in [4.78, 5) is 38.1. The number of aromatic amines is 1. The fourth-order valence-electron chi connectivity index (χ4n) is 2.66. The van der Waals surface area contributed by atoms with Crippen molar-refractivity contribution in [3.05, 3.63) is 56.9 Å². The zero-order valence-corrected chi connectivity index (χ0v) is 15.0. The van der Waals surface area contributed by atoms with Gasteiger partial charge in [0.25, 0.3) is 0 Å². The second kappa shape index (κ2) is 7.81. The number of Topliss-reactive ketones (excluding diaryl/α,β-unsaturated/α-hetero) is 1. The number of nitro benzene ring substituents is 1. The first-order valence-electron chi connectivity index (χ1n) is 8.08. The van der Waals surface area contributed by atoms with E-state index in [0.717, 1.165) is 0 Å². The first-order chi connectivity index (χ1) is 12.3. The molecule has 2 rings (SSSR count). The van der Waals surface area contributed by atoms with Gasteiger partial charge in [0.05, 0.1) is 22.8 Å². The monoisotopic (exact) mass is 360 g/mol. The highest BCUT2D eigenvalue weighted by atomic mass is 16.6. The predicted octanol–water partition coefficient (Wildman–Crippen LogP) is 3.37. The molecule has 138 valence electrons. The zero-order valence-electron chi connectivity index (χ0n) is 15.0. The lowest BCUT2D eigenvalue weighted by atomic mass is 10.1. The fraction of sp³-hybridized carbons (Fsp3) is 0.333. The number of H-pyrrole nitrogens is 1. The normalized spacial score (nSPS) is 11.7. The van der Waals surface area contributed by atoms with Crippen molar-refractivity contribution in [2.45, 2.75) is 33.8 Å². The highest BCUT2D eigenvalue weighted by Gasteiger charge is 2.28. The molecular weight excluding hydrogens is 340 g/mol. The Hall–Kier alpha value is -3.16. The van der Waals surface area contributed by atoms with Gasteiger partial charge in [0.2, 0.25) is 5.78 Å². The van der Waals surface area contributed by atoms with Gasteiger partial charge in [-0.3, -0.25) is 14.9 Å². The number of carbonyl (C=O) groups excluding carboxylic acids is 2. The van der Waals surface area contributed by atoms with E-state index >= 15 is 0 Å². The van der Waals surface area contributed by atoms with Crippen molar-refractivity contribution < 1.29 is 24.0 Å². The van der Waals surface area contributed by atoms with Crippen molar-refractivity contribution in [3.63, 3.8) is 0 Å². The molecule has 0 saturated heterocycles. The minimum absolute atomic E-state index is 0.00453. The van der Waals surface area contributed by atoms with Crippen molar-refractivity contribution in [2.75, 3.05) is 6.61 Å². The summed E-state index contributed by atoms with van der Waals surface area (Å²) < 4.78 is 10.5. The molecule has 0 radical (unpaired) electrons. The molecule has 1 heterocycles. The highest BCUT2D eigenvalue weighted by Crippen LogP contribution is 2.28. The first kappa shape index (κ1) is 19.2. The van der Waals surface area contributed by atoms with Crippen molar-refractivity contribution in [1.29, 1.82) is 0 Å². The molecule has 1 N–H and O–H groups in total. The van der Waals surface area contributed by atoms with Crippen LogP contribution in [0.25, 0.3) is 0 Å². The average Bonchev–Trinajstić information content (AvgIpc) is 2.89. The molecule has 1 atom stereocenters. The molecule has 1 aromatic carbocycles. The number of esters is 1. The summed E-state index contributed by atoms with van der Waals surface area (Å²) in [5, 5.41) is 11.1. The number of nitro groups is 1. The molecule has 0 aliphatic rings. The van der Waals surface area contributed by atoms with Gasteiger partial charge in [0.1, 0.15) is 0 Å². The number of para-hydroxylation sites is 2. The number of rotatable bonds is 7. The molecule has 8 nitrogen and oxygen atoms in total. The van der Waals surface area contributed by atoms with Gasteiger partial charge in [0.15, 0.2) is 11.9 Å². The van der Waals surface area contributed by atoms with Gasteiger partial charge in [0, 0.05) is 11.8 Å². The summed E-state index contributed by atoms with van der Waals surface area (Å²) in [6.07, 6.45) is -0.983. The maximum atomic E-state index is 12.7. The van der Waals surface area contributed by atoms with E-state index in [2.05, 4.69) is 4.98 Å². The molecule has 0 aliphatic heterocycles. The topological polar surface area (TPSA) is 112 Å². The van der Waals surface area contributed by atoms with Crippen LogP contribution in [-0.2, 0) is 4.74 Å². The Labute approximate surface area is 150 Å². The molecule has 2 aromatic rings. The molecule has 0 amide bonds. The number of ketones is 1. The number of nitrogens with zero attached hydrogens (tertiary/aromatic N) is 1. The molecule has 0 fully saturated rings. The number of benzene rings is 1. The second-order valence-electron chi connectivity index (χ2n) is 5.69. The first-order valence-corrected chi connectivity index (χ1v) is 8.08. The Bertz CT molecular complexity index is 855. The average molecular weight is 360 g/mol. The van der Waals surface area contributed by atoms with Crippen LogP contribution in [-0.4, -0.2) is 34.4 Å². The van der Waals surface area contributed by atoms with E-state index in [9.17, 15) is 19.7 Å². The Morgan fingerprint density at radius 3 is 2.54 bits per heavy atom. The Kier molecular flexibility index (Phi) is 5.76. The third-order valence-corrected chi connectivity index (χ3v) is 3.90. The van der Waals surface area contributed by atoms with E-state index in [-0.39, 0.29) is 23.7 Å². The Morgan fingerprint density at radius 2 is 1.92 bits per heavy atom. The van der Waals surface area contributed by atoms with Crippen molar-refractivity contribution >= 4 is 17.4 Å². The van der Waals surface area contributed by atoms with Gasteiger partial charge in [-0.15, -0.1) is 0 Å². The van der Waals surface area contributed by atoms with Crippen LogP contribution in [0.15, 0.2) is 24.3 Å². The molecule has 0 aliphatic carbocycles. The standard InChI is InChI=1S/C18H20N2O6/c1-5-25-18(22)15-10(2)16(19-11(15)3)17(21)12(4)26-14-9-7-6-8-13(14)20(23)24/h6-9,12,19H,5H2,1-4H3/t12-/m0/s1. The minimum Gasteiger partial charge on any atom is -0.475 e. The van der Waals surface area contributed by atoms with Crippen LogP contribution in [0, 0.1) is 24.0 Å². The van der Waals surface area contributed by atoms with Crippen molar-refractivity contribution in [2.24, 2.45) is 0 Å². The van der Waals surface area contributed by atoms with Gasteiger partial charge in [-0.2, -0.15) is 0 Å². The lowest BCUT2D eigenvalue weighted by Crippen LogP contribution is -2.25. The molecule has 0 spiro atoms. The molecule has 8 heteroatoms. The van der Waals surface area contributed by atoms with Crippen LogP contribution in [0.4, 0.5) is 5.69 Å². The molecule has 26 heavy (non-hydrogen) atoms. The maximum absolute atomic E-state index is 12.7. The summed E-state index contributed by atoms with van der Waals surface area (Å²) in [5.41, 5.74) is 1.29. The predicted molar refractivity (Wildman–Crippen MR) is 93.7 cm³/mol. The summed E-state index contributed by atoms with van der Waals surface area (Å²) in [6.45, 7) is 6.73.